The number of rotatable bonds is 2. The van der Waals surface area contributed by atoms with E-state index in [1.807, 2.05) is 12.1 Å². The van der Waals surface area contributed by atoms with Gasteiger partial charge in [0.2, 0.25) is 0 Å². The molecule has 88 valence electrons. The van der Waals surface area contributed by atoms with Gasteiger partial charge >= 0.3 is 0 Å². The molecule has 1 N–H and O–H groups in total. The molecular weight excluding hydrogens is 200 g/mol. The SMILES string of the molecule is COc1ccc([C@H]2CCCC[C@@H](O)C2)cc1. The average Bonchev–Trinajstić information content (AvgIpc) is 2.54. The van der Waals surface area contributed by atoms with Crippen molar-refractivity contribution in [1.29, 1.82) is 0 Å². The van der Waals surface area contributed by atoms with Crippen LogP contribution in [-0.2, 0) is 0 Å². The first-order valence-corrected chi connectivity index (χ1v) is 6.11. The first-order valence-electron chi connectivity index (χ1n) is 6.11. The Morgan fingerprint density at radius 3 is 2.50 bits per heavy atom. The van der Waals surface area contributed by atoms with Crippen LogP contribution in [0, 0.1) is 0 Å². The lowest BCUT2D eigenvalue weighted by Crippen LogP contribution is -2.09. The summed E-state index contributed by atoms with van der Waals surface area (Å²) in [5, 5.41) is 9.80. The highest BCUT2D eigenvalue weighted by molar-refractivity contribution is 5.29. The third-order valence-electron chi connectivity index (χ3n) is 3.48. The highest BCUT2D eigenvalue weighted by Crippen LogP contribution is 2.32. The molecule has 16 heavy (non-hydrogen) atoms. The summed E-state index contributed by atoms with van der Waals surface area (Å²) in [5.41, 5.74) is 1.33. The lowest BCUT2D eigenvalue weighted by Gasteiger charge is -2.17. The van der Waals surface area contributed by atoms with E-state index in [1.165, 1.54) is 18.4 Å². The molecule has 0 aromatic heterocycles. The summed E-state index contributed by atoms with van der Waals surface area (Å²) in [6.07, 6.45) is 5.35. The van der Waals surface area contributed by atoms with Gasteiger partial charge in [-0.3, -0.25) is 0 Å². The Morgan fingerprint density at radius 1 is 1.12 bits per heavy atom. The quantitative estimate of drug-likeness (QED) is 0.776. The van der Waals surface area contributed by atoms with E-state index in [0.717, 1.165) is 25.0 Å². The van der Waals surface area contributed by atoms with Crippen molar-refractivity contribution in [3.05, 3.63) is 29.8 Å². The van der Waals surface area contributed by atoms with Gasteiger partial charge in [0, 0.05) is 0 Å². The van der Waals surface area contributed by atoms with Gasteiger partial charge in [0.1, 0.15) is 5.75 Å². The molecule has 0 spiro atoms. The topological polar surface area (TPSA) is 29.5 Å². The number of benzene rings is 1. The highest BCUT2D eigenvalue weighted by Gasteiger charge is 2.19. The van der Waals surface area contributed by atoms with Gasteiger partial charge in [-0.05, 0) is 42.9 Å². The van der Waals surface area contributed by atoms with Gasteiger partial charge < -0.3 is 9.84 Å². The third kappa shape index (κ3) is 2.76. The molecule has 0 heterocycles. The summed E-state index contributed by atoms with van der Waals surface area (Å²) in [5.74, 6) is 1.42. The molecule has 0 radical (unpaired) electrons. The average molecular weight is 220 g/mol. The van der Waals surface area contributed by atoms with E-state index in [9.17, 15) is 5.11 Å². The van der Waals surface area contributed by atoms with E-state index in [1.54, 1.807) is 7.11 Å². The molecule has 1 aromatic rings. The molecule has 1 aliphatic carbocycles. The van der Waals surface area contributed by atoms with Crippen LogP contribution in [0.1, 0.15) is 43.6 Å². The fraction of sp³-hybridized carbons (Fsp3) is 0.571. The summed E-state index contributed by atoms with van der Waals surface area (Å²) in [4.78, 5) is 0. The minimum atomic E-state index is -0.116. The molecular formula is C14H20O2. The lowest BCUT2D eigenvalue weighted by molar-refractivity contribution is 0.152. The molecule has 1 fully saturated rings. The van der Waals surface area contributed by atoms with Crippen LogP contribution in [0.15, 0.2) is 24.3 Å². The summed E-state index contributed by atoms with van der Waals surface area (Å²) in [6.45, 7) is 0. The number of aliphatic hydroxyl groups is 1. The van der Waals surface area contributed by atoms with Gasteiger partial charge in [0.05, 0.1) is 13.2 Å². The molecule has 1 aliphatic rings. The lowest BCUT2D eigenvalue weighted by atomic mass is 9.91. The molecule has 1 saturated carbocycles. The minimum Gasteiger partial charge on any atom is -0.497 e. The molecule has 2 nitrogen and oxygen atoms in total. The van der Waals surface area contributed by atoms with Crippen molar-refractivity contribution in [3.63, 3.8) is 0 Å². The van der Waals surface area contributed by atoms with E-state index in [0.29, 0.717) is 5.92 Å². The zero-order chi connectivity index (χ0) is 11.4. The van der Waals surface area contributed by atoms with E-state index in [2.05, 4.69) is 12.1 Å². The third-order valence-corrected chi connectivity index (χ3v) is 3.48. The van der Waals surface area contributed by atoms with E-state index < -0.39 is 0 Å². The van der Waals surface area contributed by atoms with Crippen molar-refractivity contribution in [3.8, 4) is 5.75 Å². The second kappa shape index (κ2) is 5.35. The van der Waals surface area contributed by atoms with Crippen molar-refractivity contribution < 1.29 is 9.84 Å². The maximum Gasteiger partial charge on any atom is 0.118 e. The van der Waals surface area contributed by atoms with Crippen LogP contribution in [0.5, 0.6) is 5.75 Å². The Morgan fingerprint density at radius 2 is 1.81 bits per heavy atom. The number of methoxy groups -OCH3 is 1. The Balaban J connectivity index is 2.09. The van der Waals surface area contributed by atoms with Crippen LogP contribution in [0.3, 0.4) is 0 Å². The molecule has 0 amide bonds. The summed E-state index contributed by atoms with van der Waals surface area (Å²) >= 11 is 0. The number of hydrogen-bond donors (Lipinski definition) is 1. The first-order chi connectivity index (χ1) is 7.79. The second-order valence-electron chi connectivity index (χ2n) is 4.64. The summed E-state index contributed by atoms with van der Waals surface area (Å²) < 4.78 is 5.15. The summed E-state index contributed by atoms with van der Waals surface area (Å²) in [6, 6.07) is 8.27. The monoisotopic (exact) mass is 220 g/mol. The molecule has 2 rings (SSSR count). The van der Waals surface area contributed by atoms with Crippen molar-refractivity contribution in [2.45, 2.75) is 44.1 Å². The molecule has 0 aliphatic heterocycles. The minimum absolute atomic E-state index is 0.116. The maximum absolute atomic E-state index is 9.80. The highest BCUT2D eigenvalue weighted by atomic mass is 16.5. The number of ether oxygens (including phenoxy) is 1. The number of hydrogen-bond acceptors (Lipinski definition) is 2. The molecule has 2 heteroatoms. The maximum atomic E-state index is 9.80. The predicted molar refractivity (Wildman–Crippen MR) is 64.8 cm³/mol. The van der Waals surface area contributed by atoms with Crippen molar-refractivity contribution >= 4 is 0 Å². The fourth-order valence-electron chi connectivity index (χ4n) is 2.51. The summed E-state index contributed by atoms with van der Waals surface area (Å²) in [7, 11) is 1.68. The zero-order valence-electron chi connectivity index (χ0n) is 9.86. The zero-order valence-corrected chi connectivity index (χ0v) is 9.86. The van der Waals surface area contributed by atoms with Crippen LogP contribution in [0.4, 0.5) is 0 Å². The molecule has 2 atom stereocenters. The Labute approximate surface area is 97.3 Å². The largest absolute Gasteiger partial charge is 0.497 e. The molecule has 1 aromatic carbocycles. The van der Waals surface area contributed by atoms with Crippen LogP contribution in [0.25, 0.3) is 0 Å². The first kappa shape index (κ1) is 11.5. The Bertz CT molecular complexity index is 318. The Hall–Kier alpha value is -1.02. The standard InChI is InChI=1S/C14H20O2/c1-16-14-8-6-11(7-9-14)12-4-2-3-5-13(15)10-12/h6-9,12-13,15H,2-5,10H2,1H3/t12-,13+/m0/s1. The predicted octanol–water partition coefficient (Wildman–Crippen LogP) is 3.10. The van der Waals surface area contributed by atoms with E-state index in [4.69, 9.17) is 4.74 Å². The van der Waals surface area contributed by atoms with Gasteiger partial charge in [0.15, 0.2) is 0 Å². The molecule has 0 unspecified atom stereocenters. The Kier molecular flexibility index (Phi) is 3.83. The van der Waals surface area contributed by atoms with Gasteiger partial charge in [-0.15, -0.1) is 0 Å². The van der Waals surface area contributed by atoms with Gasteiger partial charge in [-0.1, -0.05) is 25.0 Å². The molecule has 0 saturated heterocycles. The normalized spacial score (nSPS) is 26.1. The van der Waals surface area contributed by atoms with E-state index in [-0.39, 0.29) is 6.10 Å². The van der Waals surface area contributed by atoms with Crippen LogP contribution >= 0.6 is 0 Å². The van der Waals surface area contributed by atoms with E-state index >= 15 is 0 Å². The van der Waals surface area contributed by atoms with Crippen molar-refractivity contribution in [2.24, 2.45) is 0 Å². The van der Waals surface area contributed by atoms with Crippen molar-refractivity contribution in [1.82, 2.24) is 0 Å². The fourth-order valence-corrected chi connectivity index (χ4v) is 2.51. The van der Waals surface area contributed by atoms with Crippen LogP contribution < -0.4 is 4.74 Å². The number of aliphatic hydroxyl groups excluding tert-OH is 1. The smallest absolute Gasteiger partial charge is 0.118 e. The van der Waals surface area contributed by atoms with Crippen LogP contribution in [-0.4, -0.2) is 18.3 Å². The second-order valence-corrected chi connectivity index (χ2v) is 4.64. The van der Waals surface area contributed by atoms with Gasteiger partial charge in [0.25, 0.3) is 0 Å². The van der Waals surface area contributed by atoms with Crippen molar-refractivity contribution in [2.75, 3.05) is 7.11 Å². The molecule has 0 bridgehead atoms. The van der Waals surface area contributed by atoms with Gasteiger partial charge in [-0.25, -0.2) is 0 Å². The van der Waals surface area contributed by atoms with Crippen LogP contribution in [0.2, 0.25) is 0 Å². The van der Waals surface area contributed by atoms with Gasteiger partial charge in [-0.2, -0.15) is 0 Å².